The number of hydrogen-bond acceptors (Lipinski definition) is 6. The van der Waals surface area contributed by atoms with Gasteiger partial charge in [-0.2, -0.15) is 11.8 Å². The van der Waals surface area contributed by atoms with Crippen molar-refractivity contribution >= 4 is 23.6 Å². The molecule has 0 aliphatic heterocycles. The van der Waals surface area contributed by atoms with Gasteiger partial charge in [0.15, 0.2) is 0 Å². The topological polar surface area (TPSA) is 95.9 Å². The number of aromatic hydroxyl groups is 2. The maximum absolute atomic E-state index is 12.2. The highest BCUT2D eigenvalue weighted by molar-refractivity contribution is 7.99. The number of rotatable bonds is 9. The summed E-state index contributed by atoms with van der Waals surface area (Å²) >= 11 is 1.53. The van der Waals surface area contributed by atoms with E-state index in [2.05, 4.69) is 11.9 Å². The number of allylic oxidation sites excluding steroid dienone is 1. The van der Waals surface area contributed by atoms with Crippen LogP contribution in [-0.2, 0) is 9.53 Å². The van der Waals surface area contributed by atoms with Crippen molar-refractivity contribution in [2.75, 3.05) is 18.6 Å². The minimum Gasteiger partial charge on any atom is -0.508 e. The van der Waals surface area contributed by atoms with Gasteiger partial charge in [-0.1, -0.05) is 6.08 Å². The summed E-state index contributed by atoms with van der Waals surface area (Å²) < 4.78 is 4.69. The molecule has 3 N–H and O–H groups in total. The summed E-state index contributed by atoms with van der Waals surface area (Å²) in [7, 11) is 1.25. The highest BCUT2D eigenvalue weighted by atomic mass is 32.2. The second-order valence-electron chi connectivity index (χ2n) is 4.79. The normalized spacial score (nSPS) is 11.5. The van der Waals surface area contributed by atoms with Crippen LogP contribution in [0.5, 0.6) is 11.5 Å². The van der Waals surface area contributed by atoms with E-state index >= 15 is 0 Å². The molecule has 1 amide bonds. The SMILES string of the molecule is C=CCCCSC[C@H](NC(=O)c1cc(O)cc(O)c1)C(=O)OC. The van der Waals surface area contributed by atoms with Gasteiger partial charge >= 0.3 is 5.97 Å². The fourth-order valence-electron chi connectivity index (χ4n) is 1.81. The van der Waals surface area contributed by atoms with E-state index in [-0.39, 0.29) is 17.1 Å². The third-order valence-electron chi connectivity index (χ3n) is 2.94. The Morgan fingerprint density at radius 3 is 2.57 bits per heavy atom. The molecule has 0 saturated carbocycles. The van der Waals surface area contributed by atoms with Crippen molar-refractivity contribution in [3.05, 3.63) is 36.4 Å². The summed E-state index contributed by atoms with van der Waals surface area (Å²) in [6.45, 7) is 3.64. The van der Waals surface area contributed by atoms with Crippen LogP contribution < -0.4 is 5.32 Å². The summed E-state index contributed by atoms with van der Waals surface area (Å²) in [5, 5.41) is 21.4. The van der Waals surface area contributed by atoms with Gasteiger partial charge in [-0.25, -0.2) is 4.79 Å². The number of methoxy groups -OCH3 is 1. The number of hydrogen-bond donors (Lipinski definition) is 3. The molecule has 0 radical (unpaired) electrons. The molecule has 23 heavy (non-hydrogen) atoms. The minimum atomic E-state index is -0.800. The summed E-state index contributed by atoms with van der Waals surface area (Å²) in [5.41, 5.74) is 0.0630. The van der Waals surface area contributed by atoms with Gasteiger partial charge in [-0.05, 0) is 30.7 Å². The van der Waals surface area contributed by atoms with Crippen molar-refractivity contribution in [1.82, 2.24) is 5.32 Å². The summed E-state index contributed by atoms with van der Waals surface area (Å²) in [4.78, 5) is 23.9. The first kappa shape index (κ1) is 18.9. The number of esters is 1. The van der Waals surface area contributed by atoms with Gasteiger partial charge < -0.3 is 20.3 Å². The lowest BCUT2D eigenvalue weighted by Crippen LogP contribution is -2.43. The lowest BCUT2D eigenvalue weighted by atomic mass is 10.1. The maximum Gasteiger partial charge on any atom is 0.329 e. The Bertz CT molecular complexity index is 541. The fourth-order valence-corrected chi connectivity index (χ4v) is 2.80. The van der Waals surface area contributed by atoms with Gasteiger partial charge in [0, 0.05) is 17.4 Å². The first-order valence-corrected chi connectivity index (χ1v) is 8.23. The lowest BCUT2D eigenvalue weighted by Gasteiger charge is -2.16. The molecule has 0 aromatic heterocycles. The van der Waals surface area contributed by atoms with Crippen molar-refractivity contribution in [3.63, 3.8) is 0 Å². The monoisotopic (exact) mass is 339 g/mol. The van der Waals surface area contributed by atoms with E-state index < -0.39 is 17.9 Å². The van der Waals surface area contributed by atoms with E-state index in [1.54, 1.807) is 0 Å². The highest BCUT2D eigenvalue weighted by Gasteiger charge is 2.22. The van der Waals surface area contributed by atoms with Crippen molar-refractivity contribution < 1.29 is 24.5 Å². The average molecular weight is 339 g/mol. The van der Waals surface area contributed by atoms with E-state index in [0.29, 0.717) is 5.75 Å². The number of phenolic OH excluding ortho intramolecular Hbond substituents is 2. The molecule has 0 bridgehead atoms. The molecule has 0 spiro atoms. The molecule has 0 aliphatic rings. The molecular formula is C16H21NO5S. The number of thioether (sulfide) groups is 1. The highest BCUT2D eigenvalue weighted by Crippen LogP contribution is 2.20. The Morgan fingerprint density at radius 1 is 1.35 bits per heavy atom. The number of phenols is 2. The molecule has 0 fully saturated rings. The molecule has 0 heterocycles. The van der Waals surface area contributed by atoms with Crippen LogP contribution in [0, 0.1) is 0 Å². The lowest BCUT2D eigenvalue weighted by molar-refractivity contribution is -0.142. The Balaban J connectivity index is 2.66. The number of nitrogens with one attached hydrogen (secondary N) is 1. The average Bonchev–Trinajstić information content (AvgIpc) is 2.51. The van der Waals surface area contributed by atoms with Gasteiger partial charge in [0.05, 0.1) is 7.11 Å². The quantitative estimate of drug-likeness (QED) is 0.362. The number of amides is 1. The molecule has 0 unspecified atom stereocenters. The molecule has 0 aliphatic carbocycles. The Kier molecular flexibility index (Phi) is 8.04. The van der Waals surface area contributed by atoms with Crippen LogP contribution in [0.15, 0.2) is 30.9 Å². The summed E-state index contributed by atoms with van der Waals surface area (Å²) in [6.07, 6.45) is 3.66. The van der Waals surface area contributed by atoms with Crippen LogP contribution in [0.3, 0.4) is 0 Å². The standard InChI is InChI=1S/C16H21NO5S/c1-3-4-5-6-23-10-14(16(21)22-2)17-15(20)11-7-12(18)9-13(19)8-11/h3,7-9,14,18-19H,1,4-6,10H2,2H3,(H,17,20)/t14-/m0/s1. The van der Waals surface area contributed by atoms with Crippen LogP contribution in [0.1, 0.15) is 23.2 Å². The Hall–Kier alpha value is -2.15. The zero-order chi connectivity index (χ0) is 17.2. The molecule has 7 heteroatoms. The Labute approximate surface area is 139 Å². The maximum atomic E-state index is 12.2. The van der Waals surface area contributed by atoms with Gasteiger partial charge in [0.1, 0.15) is 17.5 Å². The van der Waals surface area contributed by atoms with Crippen LogP contribution in [0.2, 0.25) is 0 Å². The number of carbonyl (C=O) groups is 2. The molecule has 1 atom stereocenters. The number of benzene rings is 1. The Morgan fingerprint density at radius 2 is 2.00 bits per heavy atom. The van der Waals surface area contributed by atoms with Crippen LogP contribution in [-0.4, -0.2) is 46.7 Å². The third kappa shape index (κ3) is 6.65. The van der Waals surface area contributed by atoms with E-state index in [0.717, 1.165) is 24.7 Å². The predicted octanol–water partition coefficient (Wildman–Crippen LogP) is 2.07. The van der Waals surface area contributed by atoms with Gasteiger partial charge in [-0.15, -0.1) is 6.58 Å². The molecule has 1 aromatic rings. The number of unbranched alkanes of at least 4 members (excludes halogenated alkanes) is 1. The largest absolute Gasteiger partial charge is 0.508 e. The van der Waals surface area contributed by atoms with E-state index in [9.17, 15) is 19.8 Å². The smallest absolute Gasteiger partial charge is 0.329 e. The van der Waals surface area contributed by atoms with Crippen molar-refractivity contribution in [1.29, 1.82) is 0 Å². The first-order valence-electron chi connectivity index (χ1n) is 7.08. The number of carbonyl (C=O) groups excluding carboxylic acids is 2. The third-order valence-corrected chi connectivity index (χ3v) is 4.08. The molecule has 1 aromatic carbocycles. The molecular weight excluding hydrogens is 318 g/mol. The summed E-state index contributed by atoms with van der Waals surface area (Å²) in [6, 6.07) is 2.73. The van der Waals surface area contributed by atoms with Crippen molar-refractivity contribution in [2.45, 2.75) is 18.9 Å². The van der Waals surface area contributed by atoms with Crippen LogP contribution in [0.25, 0.3) is 0 Å². The summed E-state index contributed by atoms with van der Waals surface area (Å²) in [5.74, 6) is -0.368. The zero-order valence-corrected chi connectivity index (χ0v) is 13.8. The first-order chi connectivity index (χ1) is 11.0. The number of ether oxygens (including phenoxy) is 1. The second kappa shape index (κ2) is 9.78. The molecule has 0 saturated heterocycles. The second-order valence-corrected chi connectivity index (χ2v) is 5.94. The van der Waals surface area contributed by atoms with E-state index in [1.165, 1.54) is 31.0 Å². The van der Waals surface area contributed by atoms with Crippen molar-refractivity contribution in [3.8, 4) is 11.5 Å². The van der Waals surface area contributed by atoms with Gasteiger partial charge in [0.2, 0.25) is 0 Å². The predicted molar refractivity (Wildman–Crippen MR) is 89.8 cm³/mol. The van der Waals surface area contributed by atoms with E-state index in [4.69, 9.17) is 4.74 Å². The molecule has 126 valence electrons. The van der Waals surface area contributed by atoms with E-state index in [1.807, 2.05) is 6.08 Å². The fraction of sp³-hybridized carbons (Fsp3) is 0.375. The van der Waals surface area contributed by atoms with Crippen molar-refractivity contribution in [2.24, 2.45) is 0 Å². The van der Waals surface area contributed by atoms with Gasteiger partial charge in [-0.3, -0.25) is 4.79 Å². The zero-order valence-electron chi connectivity index (χ0n) is 12.9. The van der Waals surface area contributed by atoms with Crippen LogP contribution in [0.4, 0.5) is 0 Å². The molecule has 1 rings (SSSR count). The van der Waals surface area contributed by atoms with Gasteiger partial charge in [0.25, 0.3) is 5.91 Å². The van der Waals surface area contributed by atoms with Crippen LogP contribution >= 0.6 is 11.8 Å². The molecule has 6 nitrogen and oxygen atoms in total. The minimum absolute atomic E-state index is 0.0630.